The lowest BCUT2D eigenvalue weighted by molar-refractivity contribution is 1.48. The molecular formula is C139H182. The van der Waals surface area contributed by atoms with E-state index in [0.29, 0.717) is 0 Å². The molecule has 0 saturated carbocycles. The van der Waals surface area contributed by atoms with E-state index in [-0.39, 0.29) is 0 Å². The monoisotopic (exact) mass is 1850 g/mol. The summed E-state index contributed by atoms with van der Waals surface area (Å²) < 4.78 is 0. The van der Waals surface area contributed by atoms with Crippen LogP contribution in [-0.4, -0.2) is 0 Å². The van der Waals surface area contributed by atoms with E-state index in [1.807, 2.05) is 299 Å². The topological polar surface area (TPSA) is 0 Å². The van der Waals surface area contributed by atoms with Crippen LogP contribution in [0, 0.1) is 20.8 Å². The van der Waals surface area contributed by atoms with E-state index in [9.17, 15) is 0 Å². The maximum Gasteiger partial charge on any atom is -0.0105 e. The first-order valence-corrected chi connectivity index (χ1v) is 52.3. The largest absolute Gasteiger partial charge is 0.0683 e. The molecule has 20 aromatic carbocycles. The Labute approximate surface area is 851 Å². The highest BCUT2D eigenvalue weighted by Gasteiger charge is 2.01. The Balaban J connectivity index is -0.000000467. The summed E-state index contributed by atoms with van der Waals surface area (Å²) in [7, 11) is 0. The van der Waals surface area contributed by atoms with Crippen molar-refractivity contribution in [2.45, 2.75) is 228 Å². The number of fused-ring (bicyclic) bond motifs is 9. The fourth-order valence-electron chi connectivity index (χ4n) is 12.3. The van der Waals surface area contributed by atoms with Crippen molar-refractivity contribution in [2.24, 2.45) is 0 Å². The fraction of sp³-hybridized carbons (Fsp3) is 0.237. The second-order valence-corrected chi connectivity index (χ2v) is 26.1. The Hall–Kier alpha value is -13.8. The molecule has 0 heteroatoms. The molecule has 0 amide bonds. The molecule has 20 rings (SSSR count). The van der Waals surface area contributed by atoms with Gasteiger partial charge < -0.3 is 0 Å². The van der Waals surface area contributed by atoms with Crippen LogP contribution in [0.2, 0.25) is 0 Å². The third-order valence-corrected chi connectivity index (χ3v) is 18.0. The predicted molar refractivity (Wildman–Crippen MR) is 648 cm³/mol. The van der Waals surface area contributed by atoms with Crippen LogP contribution in [0.3, 0.4) is 0 Å². The molecule has 139 heavy (non-hydrogen) atoms. The third kappa shape index (κ3) is 57.1. The highest BCUT2D eigenvalue weighted by atomic mass is 14.1. The van der Waals surface area contributed by atoms with Gasteiger partial charge >= 0.3 is 0 Å². The number of aryl methyl sites for hydroxylation is 3. The van der Waals surface area contributed by atoms with E-state index in [2.05, 4.69) is 433 Å². The summed E-state index contributed by atoms with van der Waals surface area (Å²) >= 11 is 0. The second kappa shape index (κ2) is 98.7. The molecule has 0 heterocycles. The van der Waals surface area contributed by atoms with Gasteiger partial charge in [0.15, 0.2) is 0 Å². The zero-order chi connectivity index (χ0) is 105. The minimum Gasteiger partial charge on any atom is -0.0683 e. The van der Waals surface area contributed by atoms with Gasteiger partial charge in [0.2, 0.25) is 0 Å². The van der Waals surface area contributed by atoms with Crippen molar-refractivity contribution in [1.82, 2.24) is 0 Å². The summed E-state index contributed by atoms with van der Waals surface area (Å²) in [6.07, 6.45) is 0. The summed E-state index contributed by atoms with van der Waals surface area (Å²) in [6.45, 7) is 66.2. The Morgan fingerprint density at radius 2 is 0.187 bits per heavy atom. The van der Waals surface area contributed by atoms with Gasteiger partial charge in [-0.05, 0) is 142 Å². The first-order chi connectivity index (χ1) is 68.9. The van der Waals surface area contributed by atoms with E-state index in [4.69, 9.17) is 0 Å². The van der Waals surface area contributed by atoms with E-state index < -0.39 is 0 Å². The summed E-state index contributed by atoms with van der Waals surface area (Å²) in [4.78, 5) is 0. The van der Waals surface area contributed by atoms with E-state index in [0.717, 1.165) is 0 Å². The fourth-order valence-corrected chi connectivity index (χ4v) is 12.3. The lowest BCUT2D eigenvalue weighted by atomic mass is 10.0. The van der Waals surface area contributed by atoms with Crippen molar-refractivity contribution >= 4 is 75.4 Å². The summed E-state index contributed by atoms with van der Waals surface area (Å²) in [6, 6.07) is 174. The summed E-state index contributed by atoms with van der Waals surface area (Å²) in [5.41, 5.74) is 11.6. The van der Waals surface area contributed by atoms with Gasteiger partial charge in [-0.3, -0.25) is 0 Å². The molecule has 0 atom stereocenters. The molecule has 0 aliphatic rings. The molecule has 0 aliphatic heterocycles. The van der Waals surface area contributed by atoms with Gasteiger partial charge in [0.25, 0.3) is 0 Å². The SMILES string of the molecule is CC.CC.CC.CC.CC.CC.CC.CC.CC.CC.CC.CC.CC.CC.CC.Cc1ccccc1.Cc1ccccc1.Cc1ccccc1.c1ccc(-c2ccccc2)cc1.c1ccc(-c2ccccc2)cc1.c1ccc(-c2ccccc2)cc1.c1ccc2c(c1)ccc1ccccc12.c1ccc2c(c1)ccc1ccccc12.c1ccc2cc3ccccc3cc2c1.c1ccc2ccccc2c1. The van der Waals surface area contributed by atoms with Crippen molar-refractivity contribution in [3.8, 4) is 33.4 Å². The molecule has 0 aromatic heterocycles. The maximum absolute atomic E-state index is 2.24. The molecule has 0 N–H and O–H groups in total. The van der Waals surface area contributed by atoms with Crippen molar-refractivity contribution in [3.05, 3.63) is 520 Å². The highest BCUT2D eigenvalue weighted by molar-refractivity contribution is 6.08. The summed E-state index contributed by atoms with van der Waals surface area (Å²) in [5.74, 6) is 0. The van der Waals surface area contributed by atoms with Crippen LogP contribution >= 0.6 is 0 Å². The average molecular weight is 1850 g/mol. The molecule has 20 aromatic rings. The van der Waals surface area contributed by atoms with Crippen molar-refractivity contribution in [1.29, 1.82) is 0 Å². The Morgan fingerprint density at radius 3 is 0.309 bits per heavy atom. The molecule has 0 fully saturated rings. The number of benzene rings is 20. The normalized spacial score (nSPS) is 8.47. The van der Waals surface area contributed by atoms with E-state index in [1.54, 1.807) is 0 Å². The Morgan fingerprint density at radius 1 is 0.0863 bits per heavy atom. The van der Waals surface area contributed by atoms with Gasteiger partial charge in [-0.25, -0.2) is 0 Å². The number of hydrogen-bond acceptors (Lipinski definition) is 0. The Kier molecular flexibility index (Phi) is 95.0. The Bertz CT molecular complexity index is 5100. The van der Waals surface area contributed by atoms with Gasteiger partial charge in [0.05, 0.1) is 0 Å². The highest BCUT2D eigenvalue weighted by Crippen LogP contribution is 2.28. The average Bonchev–Trinajstić information content (AvgIpc) is 0.800. The second-order valence-electron chi connectivity index (χ2n) is 26.1. The quantitative estimate of drug-likeness (QED) is 0.122. The van der Waals surface area contributed by atoms with Crippen LogP contribution < -0.4 is 0 Å². The first kappa shape index (κ1) is 134. The summed E-state index contributed by atoms with van der Waals surface area (Å²) in [5, 5.41) is 18.5. The van der Waals surface area contributed by atoms with Gasteiger partial charge in [0.1, 0.15) is 0 Å². The van der Waals surface area contributed by atoms with Crippen LogP contribution in [0.25, 0.3) is 109 Å². The molecule has 0 unspecified atom stereocenters. The minimum atomic E-state index is 1.28. The van der Waals surface area contributed by atoms with Crippen LogP contribution in [0.4, 0.5) is 0 Å². The molecular weight excluding hydrogens is 1670 g/mol. The first-order valence-electron chi connectivity index (χ1n) is 52.3. The van der Waals surface area contributed by atoms with Crippen LogP contribution in [0.15, 0.2) is 504 Å². The number of rotatable bonds is 3. The van der Waals surface area contributed by atoms with Gasteiger partial charge in [-0.1, -0.05) is 716 Å². The molecule has 0 aliphatic carbocycles. The number of hydrogen-bond donors (Lipinski definition) is 0. The van der Waals surface area contributed by atoms with Gasteiger partial charge in [-0.15, -0.1) is 0 Å². The van der Waals surface area contributed by atoms with Crippen molar-refractivity contribution in [3.63, 3.8) is 0 Å². The van der Waals surface area contributed by atoms with Gasteiger partial charge in [-0.2, -0.15) is 0 Å². The minimum absolute atomic E-state index is 1.28. The van der Waals surface area contributed by atoms with Crippen molar-refractivity contribution in [2.75, 3.05) is 0 Å². The molecule has 0 radical (unpaired) electrons. The zero-order valence-electron chi connectivity index (χ0n) is 92.4. The molecule has 0 bridgehead atoms. The van der Waals surface area contributed by atoms with Crippen molar-refractivity contribution < 1.29 is 0 Å². The lowest BCUT2D eigenvalue weighted by Gasteiger charge is -2.02. The van der Waals surface area contributed by atoms with Crippen LogP contribution in [0.1, 0.15) is 224 Å². The molecule has 0 spiro atoms. The molecule has 0 nitrogen and oxygen atoms in total. The standard InChI is InChI=1S/3C14H10.3C12H10.C10H8.3C7H8.15C2H6/c2*1-3-7-13-11(5-1)9-10-12-6-2-4-8-14(12)13;1-2-6-12-10-14-8-4-3-7-13(14)9-11(12)5-1;3*1-3-7-11(8-4-1)12-9-5-2-6-10-12;1-2-6-10-8-4-3-7-9(10)5-1;3*1-7-5-3-2-4-6-7;15*1-2/h3*1-10H;3*1-10H;1-8H;3*2-6H,1H3;15*1-2H3. The molecule has 738 valence electrons. The van der Waals surface area contributed by atoms with E-state index >= 15 is 0 Å². The van der Waals surface area contributed by atoms with Crippen LogP contribution in [-0.2, 0) is 0 Å². The van der Waals surface area contributed by atoms with Crippen LogP contribution in [0.5, 0.6) is 0 Å². The predicted octanol–water partition coefficient (Wildman–Crippen LogP) is 46.3. The van der Waals surface area contributed by atoms with Gasteiger partial charge in [0, 0.05) is 0 Å². The third-order valence-electron chi connectivity index (χ3n) is 18.0. The van der Waals surface area contributed by atoms with E-state index in [1.165, 1.54) is 125 Å². The maximum atomic E-state index is 2.24. The lowest BCUT2D eigenvalue weighted by Crippen LogP contribution is -1.75. The smallest absolute Gasteiger partial charge is 0.0105 e. The molecule has 0 saturated heterocycles. The zero-order valence-corrected chi connectivity index (χ0v) is 92.4.